The second kappa shape index (κ2) is 14.3. The van der Waals surface area contributed by atoms with Gasteiger partial charge in [0.25, 0.3) is 11.8 Å². The lowest BCUT2D eigenvalue weighted by Crippen LogP contribution is -2.38. The fourth-order valence-corrected chi connectivity index (χ4v) is 5.22. The van der Waals surface area contributed by atoms with Crippen molar-refractivity contribution in [3.8, 4) is 5.75 Å². The minimum Gasteiger partial charge on any atom is -0.490 e. The Kier molecular flexibility index (Phi) is 10.2. The van der Waals surface area contributed by atoms with E-state index in [1.807, 2.05) is 6.07 Å². The summed E-state index contributed by atoms with van der Waals surface area (Å²) in [6.07, 6.45) is -1.76. The number of ether oxygens (including phenoxy) is 2. The third-order valence-corrected chi connectivity index (χ3v) is 7.39. The second-order valence-electron chi connectivity index (χ2n) is 10.1. The first-order valence-electron chi connectivity index (χ1n) is 13.9. The number of hydrogen-bond donors (Lipinski definition) is 2. The van der Waals surface area contributed by atoms with E-state index in [-0.39, 0.29) is 33.7 Å². The van der Waals surface area contributed by atoms with Crippen LogP contribution in [-0.2, 0) is 20.5 Å². The predicted octanol–water partition coefficient (Wildman–Crippen LogP) is 6.93. The zero-order valence-electron chi connectivity index (χ0n) is 23.7. The van der Waals surface area contributed by atoms with Crippen molar-refractivity contribution in [3.63, 3.8) is 0 Å². The maximum Gasteiger partial charge on any atom is 0.416 e. The van der Waals surface area contributed by atoms with E-state index in [1.165, 1.54) is 24.3 Å². The van der Waals surface area contributed by atoms with Gasteiger partial charge in [0.15, 0.2) is 0 Å². The third kappa shape index (κ3) is 8.52. The van der Waals surface area contributed by atoms with Gasteiger partial charge in [-0.2, -0.15) is 13.2 Å². The van der Waals surface area contributed by atoms with Gasteiger partial charge in [0, 0.05) is 53.2 Å². The molecule has 2 heterocycles. The highest BCUT2D eigenvalue weighted by Crippen LogP contribution is 2.35. The number of nitrogens with one attached hydrogen (secondary N) is 2. The zero-order chi connectivity index (χ0) is 32.0. The number of benzene rings is 3. The smallest absolute Gasteiger partial charge is 0.416 e. The highest BCUT2D eigenvalue weighted by molar-refractivity contribution is 6.36. The van der Waals surface area contributed by atoms with Crippen molar-refractivity contribution < 1.29 is 32.2 Å². The maximum absolute atomic E-state index is 13.7. The van der Waals surface area contributed by atoms with E-state index in [0.717, 1.165) is 36.7 Å². The van der Waals surface area contributed by atoms with Crippen LogP contribution >= 0.6 is 23.2 Å². The van der Waals surface area contributed by atoms with E-state index in [9.17, 15) is 22.8 Å². The first kappa shape index (κ1) is 32.2. The number of pyridine rings is 1. The average molecular weight is 659 g/mol. The Labute approximate surface area is 266 Å². The molecule has 0 atom stereocenters. The van der Waals surface area contributed by atoms with Gasteiger partial charge in [0.05, 0.1) is 29.3 Å². The summed E-state index contributed by atoms with van der Waals surface area (Å²) in [4.78, 5) is 33.6. The normalized spacial score (nSPS) is 14.3. The van der Waals surface area contributed by atoms with Gasteiger partial charge >= 0.3 is 6.18 Å². The fraction of sp³-hybridized carbons (Fsp3) is 0.219. The van der Waals surface area contributed by atoms with Crippen molar-refractivity contribution in [1.29, 1.82) is 0 Å². The number of carbonyl (C=O) groups excluding carboxylic acids is 2. The number of alkyl halides is 3. The highest BCUT2D eigenvalue weighted by Gasteiger charge is 2.31. The van der Waals surface area contributed by atoms with Gasteiger partial charge in [-0.25, -0.2) is 0 Å². The Morgan fingerprint density at radius 1 is 0.956 bits per heavy atom. The first-order chi connectivity index (χ1) is 21.6. The minimum absolute atomic E-state index is 0.149. The number of rotatable bonds is 9. The molecular weight excluding hydrogens is 632 g/mol. The number of aromatic nitrogens is 1. The average Bonchev–Trinajstić information content (AvgIpc) is 3.01. The molecule has 3 aromatic carbocycles. The number of anilines is 2. The van der Waals surface area contributed by atoms with E-state index in [2.05, 4.69) is 20.5 Å². The molecule has 2 amide bonds. The van der Waals surface area contributed by atoms with Crippen molar-refractivity contribution in [2.45, 2.75) is 6.18 Å². The summed E-state index contributed by atoms with van der Waals surface area (Å²) in [7, 11) is 0. The summed E-state index contributed by atoms with van der Waals surface area (Å²) in [5.74, 6) is -1.62. The van der Waals surface area contributed by atoms with Crippen LogP contribution in [0.3, 0.4) is 0 Å². The molecule has 0 spiro atoms. The number of amides is 2. The molecule has 0 bridgehead atoms. The van der Waals surface area contributed by atoms with Gasteiger partial charge in [-0.15, -0.1) is 0 Å². The summed E-state index contributed by atoms with van der Waals surface area (Å²) in [6.45, 7) is 3.54. The van der Waals surface area contributed by atoms with Crippen molar-refractivity contribution >= 4 is 63.4 Å². The molecule has 13 heteroatoms. The van der Waals surface area contributed by atoms with Crippen LogP contribution < -0.4 is 15.4 Å². The van der Waals surface area contributed by atoms with Crippen LogP contribution in [0.2, 0.25) is 10.0 Å². The molecule has 1 aliphatic rings. The van der Waals surface area contributed by atoms with Gasteiger partial charge < -0.3 is 20.1 Å². The Balaban J connectivity index is 1.47. The predicted molar refractivity (Wildman–Crippen MR) is 168 cm³/mol. The molecule has 1 fully saturated rings. The van der Waals surface area contributed by atoms with E-state index < -0.39 is 29.1 Å². The molecule has 0 aliphatic carbocycles. The van der Waals surface area contributed by atoms with Crippen molar-refractivity contribution in [1.82, 2.24) is 9.88 Å². The number of nitrogens with zero attached hydrogens (tertiary/aromatic N) is 2. The van der Waals surface area contributed by atoms with Gasteiger partial charge in [-0.1, -0.05) is 35.3 Å². The lowest BCUT2D eigenvalue weighted by Gasteiger charge is -2.26. The van der Waals surface area contributed by atoms with Crippen LogP contribution in [-0.4, -0.2) is 61.2 Å². The zero-order valence-corrected chi connectivity index (χ0v) is 25.2. The van der Waals surface area contributed by atoms with Crippen molar-refractivity contribution in [3.05, 3.63) is 99.7 Å². The van der Waals surface area contributed by atoms with Gasteiger partial charge in [0.2, 0.25) is 0 Å². The molecule has 1 aliphatic heterocycles. The Morgan fingerprint density at radius 2 is 1.69 bits per heavy atom. The summed E-state index contributed by atoms with van der Waals surface area (Å²) in [6, 6.07) is 15.6. The molecule has 45 heavy (non-hydrogen) atoms. The summed E-state index contributed by atoms with van der Waals surface area (Å²) in [5, 5.41) is 6.20. The Morgan fingerprint density at radius 3 is 2.42 bits per heavy atom. The molecule has 0 unspecified atom stereocenters. The maximum atomic E-state index is 13.7. The van der Waals surface area contributed by atoms with E-state index in [0.29, 0.717) is 31.0 Å². The molecule has 2 N–H and O–H groups in total. The Bertz CT molecular complexity index is 1740. The van der Waals surface area contributed by atoms with Crippen LogP contribution in [0.4, 0.5) is 24.5 Å². The van der Waals surface area contributed by atoms with Gasteiger partial charge in [-0.05, 0) is 60.7 Å². The van der Waals surface area contributed by atoms with Crippen LogP contribution in [0.25, 0.3) is 17.0 Å². The van der Waals surface area contributed by atoms with Gasteiger partial charge in [-0.3, -0.25) is 19.5 Å². The molecule has 8 nitrogen and oxygen atoms in total. The minimum atomic E-state index is -4.63. The molecule has 1 aromatic heterocycles. The molecule has 0 saturated carbocycles. The van der Waals surface area contributed by atoms with Crippen LogP contribution in [0.15, 0.2) is 78.5 Å². The monoisotopic (exact) mass is 658 g/mol. The van der Waals surface area contributed by atoms with Gasteiger partial charge in [0.1, 0.15) is 17.9 Å². The van der Waals surface area contributed by atoms with Crippen molar-refractivity contribution in [2.24, 2.45) is 0 Å². The van der Waals surface area contributed by atoms with Crippen LogP contribution in [0.1, 0.15) is 11.1 Å². The van der Waals surface area contributed by atoms with E-state index >= 15 is 0 Å². The molecule has 234 valence electrons. The van der Waals surface area contributed by atoms with E-state index in [4.69, 9.17) is 32.7 Å². The molecule has 0 radical (unpaired) electrons. The fourth-order valence-electron chi connectivity index (χ4n) is 4.65. The quantitative estimate of drug-likeness (QED) is 0.115. The molecule has 5 rings (SSSR count). The first-order valence-corrected chi connectivity index (χ1v) is 14.6. The lowest BCUT2D eigenvalue weighted by molar-refractivity contribution is -0.137. The summed E-state index contributed by atoms with van der Waals surface area (Å²) in [5.41, 5.74) is -0.268. The topological polar surface area (TPSA) is 92.8 Å². The summed E-state index contributed by atoms with van der Waals surface area (Å²) < 4.78 is 51.4. The molecule has 1 saturated heterocycles. The second-order valence-corrected chi connectivity index (χ2v) is 10.9. The lowest BCUT2D eigenvalue weighted by atomic mass is 10.1. The Hall–Kier alpha value is -4.16. The van der Waals surface area contributed by atoms with Crippen LogP contribution in [0, 0.1) is 0 Å². The standard InChI is InChI=1S/C32H27Cl2F3N4O4/c33-23-15-21(29(27(34)19-23)45-14-11-41-9-12-44-13-10-41)17-26(30(42)39-24-5-1-4-22(18-24)32(35,36)37)31(43)40-25-6-7-28-20(16-25)3-2-8-38-28/h1-8,15-19H,9-14H2,(H,39,42)(H,40,43). The van der Waals surface area contributed by atoms with E-state index in [1.54, 1.807) is 30.5 Å². The van der Waals surface area contributed by atoms with Crippen LogP contribution in [0.5, 0.6) is 5.75 Å². The number of morpholine rings is 1. The molecule has 4 aromatic rings. The number of carbonyl (C=O) groups is 2. The number of hydrogen-bond acceptors (Lipinski definition) is 6. The number of halogens is 5. The highest BCUT2D eigenvalue weighted by atomic mass is 35.5. The number of fused-ring (bicyclic) bond motifs is 1. The third-order valence-electron chi connectivity index (χ3n) is 6.89. The van der Waals surface area contributed by atoms with Crippen molar-refractivity contribution in [2.75, 3.05) is 50.1 Å². The summed E-state index contributed by atoms with van der Waals surface area (Å²) >= 11 is 12.8. The SMILES string of the molecule is O=C(Nc1cccc(C(F)(F)F)c1)C(=Cc1cc(Cl)cc(Cl)c1OCCN1CCOCC1)C(=O)Nc1ccc2ncccc2c1. The largest absolute Gasteiger partial charge is 0.490 e. The molecular formula is C32H27Cl2F3N4O4.